The summed E-state index contributed by atoms with van der Waals surface area (Å²) in [6.45, 7) is 2.30. The van der Waals surface area contributed by atoms with Gasteiger partial charge in [-0.15, -0.1) is 11.3 Å². The molecule has 0 N–H and O–H groups in total. The first-order valence-corrected chi connectivity index (χ1v) is 10.3. The van der Waals surface area contributed by atoms with Crippen molar-refractivity contribution in [3.63, 3.8) is 0 Å². The van der Waals surface area contributed by atoms with Crippen LogP contribution in [-0.4, -0.2) is 31.1 Å². The van der Waals surface area contributed by atoms with Gasteiger partial charge in [0.2, 0.25) is 5.90 Å². The van der Waals surface area contributed by atoms with Crippen LogP contribution in [0.2, 0.25) is 0 Å². The van der Waals surface area contributed by atoms with Crippen LogP contribution in [0.4, 0.5) is 0 Å². The maximum atomic E-state index is 12.3. The lowest BCUT2D eigenvalue weighted by atomic mass is 10.1. The molecule has 2 aromatic carbocycles. The van der Waals surface area contributed by atoms with Crippen molar-refractivity contribution in [2.75, 3.05) is 14.2 Å². The van der Waals surface area contributed by atoms with E-state index in [0.717, 1.165) is 16.3 Å². The Labute approximate surface area is 183 Å². The number of thiazole rings is 1. The number of methoxy groups -OCH3 is 2. The van der Waals surface area contributed by atoms with Crippen LogP contribution in [0.15, 0.2) is 58.5 Å². The number of benzene rings is 2. The van der Waals surface area contributed by atoms with Gasteiger partial charge in [-0.3, -0.25) is 0 Å². The molecule has 4 rings (SSSR count). The van der Waals surface area contributed by atoms with E-state index in [0.29, 0.717) is 29.4 Å². The maximum absolute atomic E-state index is 12.3. The highest BCUT2D eigenvalue weighted by molar-refractivity contribution is 7.09. The highest BCUT2D eigenvalue weighted by Crippen LogP contribution is 2.30. The average Bonchev–Trinajstić information content (AvgIpc) is 3.38. The van der Waals surface area contributed by atoms with Gasteiger partial charge in [0.05, 0.1) is 24.9 Å². The first-order valence-electron chi connectivity index (χ1n) is 9.44. The number of cyclic esters (lactones) is 1. The Morgan fingerprint density at radius 1 is 1.10 bits per heavy atom. The second-order valence-electron chi connectivity index (χ2n) is 6.62. The Bertz CT molecular complexity index is 1180. The summed E-state index contributed by atoms with van der Waals surface area (Å²) in [5.41, 5.74) is 2.46. The Morgan fingerprint density at radius 3 is 2.71 bits per heavy atom. The number of carbonyl (C=O) groups excluding carboxylic acids is 1. The van der Waals surface area contributed by atoms with E-state index in [1.165, 1.54) is 0 Å². The summed E-state index contributed by atoms with van der Waals surface area (Å²) in [6, 6.07) is 12.6. The quantitative estimate of drug-likeness (QED) is 0.404. The number of rotatable bonds is 7. The van der Waals surface area contributed by atoms with Gasteiger partial charge in [0.15, 0.2) is 17.2 Å². The lowest BCUT2D eigenvalue weighted by Crippen LogP contribution is -2.05. The monoisotopic (exact) mass is 436 g/mol. The minimum atomic E-state index is -0.518. The van der Waals surface area contributed by atoms with Crippen molar-refractivity contribution in [1.29, 1.82) is 0 Å². The fourth-order valence-corrected chi connectivity index (χ4v) is 3.56. The molecule has 1 aliphatic rings. The largest absolute Gasteiger partial charge is 0.497 e. The van der Waals surface area contributed by atoms with Crippen molar-refractivity contribution in [1.82, 2.24) is 4.98 Å². The molecule has 0 saturated heterocycles. The lowest BCUT2D eigenvalue weighted by Gasteiger charge is -2.10. The minimum absolute atomic E-state index is 0.200. The van der Waals surface area contributed by atoms with Crippen molar-refractivity contribution >= 4 is 29.3 Å². The molecule has 0 spiro atoms. The van der Waals surface area contributed by atoms with E-state index >= 15 is 0 Å². The highest BCUT2D eigenvalue weighted by atomic mass is 32.1. The van der Waals surface area contributed by atoms with E-state index in [-0.39, 0.29) is 11.6 Å². The number of aryl methyl sites for hydroxylation is 1. The summed E-state index contributed by atoms with van der Waals surface area (Å²) in [6.07, 6.45) is 1.64. The minimum Gasteiger partial charge on any atom is -0.497 e. The number of nitrogens with zero attached hydrogens (tertiary/aromatic N) is 2. The third kappa shape index (κ3) is 4.75. The molecule has 1 aromatic heterocycles. The van der Waals surface area contributed by atoms with Gasteiger partial charge in [-0.25, -0.2) is 14.8 Å². The van der Waals surface area contributed by atoms with Gasteiger partial charge in [0.25, 0.3) is 0 Å². The van der Waals surface area contributed by atoms with Gasteiger partial charge in [0, 0.05) is 10.9 Å². The molecule has 0 unspecified atom stereocenters. The van der Waals surface area contributed by atoms with E-state index in [2.05, 4.69) is 9.98 Å². The van der Waals surface area contributed by atoms with Gasteiger partial charge < -0.3 is 18.9 Å². The molecule has 0 amide bonds. The van der Waals surface area contributed by atoms with Crippen LogP contribution in [0.5, 0.6) is 17.2 Å². The molecule has 8 heteroatoms. The maximum Gasteiger partial charge on any atom is 0.363 e. The molecule has 0 radical (unpaired) electrons. The Kier molecular flexibility index (Phi) is 5.99. The van der Waals surface area contributed by atoms with Crippen LogP contribution in [0.3, 0.4) is 0 Å². The molecule has 0 atom stereocenters. The van der Waals surface area contributed by atoms with Gasteiger partial charge in [-0.1, -0.05) is 12.1 Å². The van der Waals surface area contributed by atoms with Crippen LogP contribution < -0.4 is 14.2 Å². The number of carbonyl (C=O) groups is 1. The van der Waals surface area contributed by atoms with E-state index in [4.69, 9.17) is 18.9 Å². The fourth-order valence-electron chi connectivity index (χ4n) is 2.97. The number of esters is 1. The molecular formula is C23H20N2O5S. The predicted molar refractivity (Wildman–Crippen MR) is 118 cm³/mol. The molecule has 31 heavy (non-hydrogen) atoms. The molecule has 158 valence electrons. The molecule has 0 aliphatic carbocycles. The second kappa shape index (κ2) is 9.01. The van der Waals surface area contributed by atoms with E-state index in [9.17, 15) is 4.79 Å². The molecule has 0 fully saturated rings. The molecular weight excluding hydrogens is 416 g/mol. The zero-order valence-corrected chi connectivity index (χ0v) is 18.1. The molecule has 3 aromatic rings. The van der Waals surface area contributed by atoms with Crippen LogP contribution in [0.25, 0.3) is 6.08 Å². The number of hydrogen-bond acceptors (Lipinski definition) is 8. The lowest BCUT2D eigenvalue weighted by molar-refractivity contribution is -0.129. The highest BCUT2D eigenvalue weighted by Gasteiger charge is 2.24. The summed E-state index contributed by atoms with van der Waals surface area (Å²) in [5, 5.41) is 2.95. The van der Waals surface area contributed by atoms with Gasteiger partial charge in [-0.2, -0.15) is 0 Å². The van der Waals surface area contributed by atoms with Crippen molar-refractivity contribution in [3.8, 4) is 17.2 Å². The van der Waals surface area contributed by atoms with Gasteiger partial charge >= 0.3 is 5.97 Å². The topological polar surface area (TPSA) is 79.2 Å². The zero-order valence-electron chi connectivity index (χ0n) is 17.2. The Balaban J connectivity index is 1.54. The van der Waals surface area contributed by atoms with E-state index in [1.54, 1.807) is 55.9 Å². The SMILES string of the molecule is COc1cccc(C2=N/C(=C\c3ccc(OCc4csc(C)n4)c(OC)c3)C(=O)O2)c1. The van der Waals surface area contributed by atoms with Crippen molar-refractivity contribution < 1.29 is 23.7 Å². The summed E-state index contributed by atoms with van der Waals surface area (Å²) in [4.78, 5) is 21.0. The Hall–Kier alpha value is -3.65. The normalized spacial score (nSPS) is 14.4. The molecule has 7 nitrogen and oxygen atoms in total. The van der Waals surface area contributed by atoms with Crippen molar-refractivity contribution in [2.45, 2.75) is 13.5 Å². The molecule has 2 heterocycles. The number of aliphatic imine (C=N–C) groups is 1. The standard InChI is InChI=1S/C23H20N2O5S/c1-14-24-17(13-31-14)12-29-20-8-7-15(10-21(20)28-3)9-19-23(26)30-22(25-19)16-5-4-6-18(11-16)27-2/h4-11,13H,12H2,1-3H3/b19-9-. The van der Waals surface area contributed by atoms with E-state index < -0.39 is 5.97 Å². The molecule has 0 bridgehead atoms. The van der Waals surface area contributed by atoms with Crippen molar-refractivity contribution in [2.24, 2.45) is 4.99 Å². The number of hydrogen-bond donors (Lipinski definition) is 0. The first kappa shape index (κ1) is 20.6. The first-order chi connectivity index (χ1) is 15.1. The summed E-state index contributed by atoms with van der Waals surface area (Å²) in [7, 11) is 3.14. The van der Waals surface area contributed by atoms with E-state index in [1.807, 2.05) is 30.5 Å². The Morgan fingerprint density at radius 2 is 1.97 bits per heavy atom. The third-order valence-corrected chi connectivity index (χ3v) is 5.29. The number of aromatic nitrogens is 1. The molecule has 0 saturated carbocycles. The number of ether oxygens (including phenoxy) is 4. The summed E-state index contributed by atoms with van der Waals surface area (Å²) in [5.74, 6) is 1.51. The zero-order chi connectivity index (χ0) is 21.8. The fraction of sp³-hybridized carbons (Fsp3) is 0.174. The second-order valence-corrected chi connectivity index (χ2v) is 7.69. The smallest absolute Gasteiger partial charge is 0.363 e. The van der Waals surface area contributed by atoms with Crippen LogP contribution in [0.1, 0.15) is 21.8 Å². The van der Waals surface area contributed by atoms with Crippen LogP contribution in [0, 0.1) is 6.92 Å². The summed E-state index contributed by atoms with van der Waals surface area (Å²) < 4.78 is 21.8. The third-order valence-electron chi connectivity index (χ3n) is 4.47. The van der Waals surface area contributed by atoms with Crippen LogP contribution >= 0.6 is 11.3 Å². The average molecular weight is 436 g/mol. The summed E-state index contributed by atoms with van der Waals surface area (Å²) >= 11 is 1.58. The van der Waals surface area contributed by atoms with Crippen molar-refractivity contribution in [3.05, 3.63) is 75.4 Å². The molecule has 1 aliphatic heterocycles. The van der Waals surface area contributed by atoms with Crippen LogP contribution in [-0.2, 0) is 16.1 Å². The van der Waals surface area contributed by atoms with Gasteiger partial charge in [0.1, 0.15) is 12.4 Å². The van der Waals surface area contributed by atoms with Gasteiger partial charge in [-0.05, 0) is 48.9 Å². The predicted octanol–water partition coefficient (Wildman–Crippen LogP) is 4.39.